The standard InChI is InChI=1S/C15H12O/c16-13-9-11-5-1-3-7-14(11)15-8-4-2-6-12(15)10-13/h1-9,12H,10H2. The molecule has 0 aliphatic heterocycles. The molecule has 16 heavy (non-hydrogen) atoms. The minimum Gasteiger partial charge on any atom is -0.295 e. The summed E-state index contributed by atoms with van der Waals surface area (Å²) in [7, 11) is 0. The van der Waals surface area contributed by atoms with Crippen LogP contribution in [0.5, 0.6) is 0 Å². The third-order valence-electron chi connectivity index (χ3n) is 3.14. The Labute approximate surface area is 94.1 Å². The van der Waals surface area contributed by atoms with Crippen LogP contribution in [-0.2, 0) is 4.79 Å². The predicted octanol–water partition coefficient (Wildman–Crippen LogP) is 1.33. The van der Waals surface area contributed by atoms with Gasteiger partial charge in [-0.3, -0.25) is 4.79 Å². The summed E-state index contributed by atoms with van der Waals surface area (Å²) in [6.45, 7) is 0. The molecule has 0 amide bonds. The van der Waals surface area contributed by atoms with Crippen LogP contribution >= 0.6 is 0 Å². The maximum atomic E-state index is 11.8. The summed E-state index contributed by atoms with van der Waals surface area (Å²) < 4.78 is 0. The molecule has 1 aromatic rings. The summed E-state index contributed by atoms with van der Waals surface area (Å²) in [5.74, 6) is 0.463. The van der Waals surface area contributed by atoms with Gasteiger partial charge in [0.15, 0.2) is 5.78 Å². The monoisotopic (exact) mass is 208 g/mol. The van der Waals surface area contributed by atoms with E-state index in [-0.39, 0.29) is 11.7 Å². The number of carbonyl (C=O) groups is 1. The van der Waals surface area contributed by atoms with Crippen LogP contribution in [0, 0.1) is 5.92 Å². The van der Waals surface area contributed by atoms with Crippen molar-refractivity contribution in [2.75, 3.05) is 0 Å². The second-order valence-corrected chi connectivity index (χ2v) is 4.21. The normalized spacial score (nSPS) is 22.1. The quantitative estimate of drug-likeness (QED) is 0.628. The van der Waals surface area contributed by atoms with Gasteiger partial charge in [-0.25, -0.2) is 0 Å². The van der Waals surface area contributed by atoms with Crippen molar-refractivity contribution >= 4 is 17.4 Å². The van der Waals surface area contributed by atoms with Crippen LogP contribution in [-0.4, -0.2) is 5.78 Å². The Balaban J connectivity index is 2.42. The van der Waals surface area contributed by atoms with Gasteiger partial charge in [-0.15, -0.1) is 0 Å². The highest BCUT2D eigenvalue weighted by molar-refractivity contribution is 6.07. The fourth-order valence-electron chi connectivity index (χ4n) is 2.39. The zero-order valence-electron chi connectivity index (χ0n) is 8.89. The van der Waals surface area contributed by atoms with Gasteiger partial charge in [0.2, 0.25) is 0 Å². The maximum Gasteiger partial charge on any atom is 0.157 e. The Morgan fingerprint density at radius 1 is 1.12 bits per heavy atom. The lowest BCUT2D eigenvalue weighted by molar-refractivity contribution is -0.113. The SMILES string of the molecule is O=C1C=c2ccccc2=C2C=CC=CC2C1. The van der Waals surface area contributed by atoms with E-state index in [9.17, 15) is 4.79 Å². The number of hydrogen-bond donors (Lipinski definition) is 0. The molecule has 0 bridgehead atoms. The van der Waals surface area contributed by atoms with Crippen molar-refractivity contribution in [3.63, 3.8) is 0 Å². The van der Waals surface area contributed by atoms with Crippen LogP contribution in [0.1, 0.15) is 6.42 Å². The van der Waals surface area contributed by atoms with Crippen LogP contribution < -0.4 is 10.4 Å². The van der Waals surface area contributed by atoms with Gasteiger partial charge in [0.05, 0.1) is 0 Å². The zero-order chi connectivity index (χ0) is 11.0. The molecule has 2 aliphatic rings. The molecule has 0 heterocycles. The Bertz CT molecular complexity index is 617. The first kappa shape index (κ1) is 9.34. The number of hydrogen-bond acceptors (Lipinski definition) is 1. The maximum absolute atomic E-state index is 11.8. The molecule has 2 aliphatic carbocycles. The zero-order valence-corrected chi connectivity index (χ0v) is 8.89. The third-order valence-corrected chi connectivity index (χ3v) is 3.14. The first-order chi connectivity index (χ1) is 7.84. The largest absolute Gasteiger partial charge is 0.295 e. The summed E-state index contributed by atoms with van der Waals surface area (Å²) in [4.78, 5) is 11.8. The highest BCUT2D eigenvalue weighted by Gasteiger charge is 2.17. The van der Waals surface area contributed by atoms with Crippen molar-refractivity contribution < 1.29 is 4.79 Å². The van der Waals surface area contributed by atoms with E-state index in [1.54, 1.807) is 6.08 Å². The molecule has 1 nitrogen and oxygen atoms in total. The molecule has 1 unspecified atom stereocenters. The molecule has 0 saturated carbocycles. The third kappa shape index (κ3) is 1.45. The van der Waals surface area contributed by atoms with E-state index in [4.69, 9.17) is 0 Å². The Hall–Kier alpha value is -1.89. The van der Waals surface area contributed by atoms with Crippen LogP contribution in [0.4, 0.5) is 0 Å². The Morgan fingerprint density at radius 3 is 2.94 bits per heavy atom. The summed E-state index contributed by atoms with van der Waals surface area (Å²) in [5, 5.41) is 2.24. The van der Waals surface area contributed by atoms with E-state index >= 15 is 0 Å². The van der Waals surface area contributed by atoms with E-state index in [2.05, 4.69) is 18.2 Å². The number of allylic oxidation sites excluding steroid dienone is 4. The molecule has 1 heteroatoms. The molecule has 0 spiro atoms. The summed E-state index contributed by atoms with van der Waals surface area (Å²) in [5.41, 5.74) is 1.26. The molecular weight excluding hydrogens is 196 g/mol. The topological polar surface area (TPSA) is 17.1 Å². The summed E-state index contributed by atoms with van der Waals surface area (Å²) in [6.07, 6.45) is 10.7. The average molecular weight is 208 g/mol. The Morgan fingerprint density at radius 2 is 2.00 bits per heavy atom. The molecule has 0 radical (unpaired) electrons. The minimum atomic E-state index is 0.215. The predicted molar refractivity (Wildman–Crippen MR) is 65.0 cm³/mol. The molecule has 0 aromatic heterocycles. The first-order valence-electron chi connectivity index (χ1n) is 5.53. The number of Topliss-reactive ketones (excluding diaryl/α,β-unsaturated/α-hetero) is 1. The van der Waals surface area contributed by atoms with E-state index in [0.29, 0.717) is 6.42 Å². The molecule has 1 aromatic carbocycles. The smallest absolute Gasteiger partial charge is 0.157 e. The molecule has 0 N–H and O–H groups in total. The summed E-state index contributed by atoms with van der Waals surface area (Å²) >= 11 is 0. The highest BCUT2D eigenvalue weighted by Crippen LogP contribution is 2.23. The van der Waals surface area contributed by atoms with Crippen molar-refractivity contribution in [2.45, 2.75) is 6.42 Å². The minimum absolute atomic E-state index is 0.215. The van der Waals surface area contributed by atoms with Gasteiger partial charge in [0, 0.05) is 12.3 Å². The van der Waals surface area contributed by atoms with E-state index < -0.39 is 0 Å². The first-order valence-corrected chi connectivity index (χ1v) is 5.53. The van der Waals surface area contributed by atoms with E-state index in [1.165, 1.54) is 10.8 Å². The molecule has 78 valence electrons. The average Bonchev–Trinajstić information content (AvgIpc) is 2.44. The van der Waals surface area contributed by atoms with Gasteiger partial charge in [-0.1, -0.05) is 48.6 Å². The molecule has 0 saturated heterocycles. The molecular formula is C15H12O. The van der Waals surface area contributed by atoms with Gasteiger partial charge in [0.1, 0.15) is 0 Å². The molecule has 0 fully saturated rings. The van der Waals surface area contributed by atoms with Gasteiger partial charge >= 0.3 is 0 Å². The van der Waals surface area contributed by atoms with Crippen LogP contribution in [0.2, 0.25) is 0 Å². The molecule has 3 rings (SSSR count). The van der Waals surface area contributed by atoms with Crippen molar-refractivity contribution in [1.82, 2.24) is 0 Å². The number of benzene rings is 1. The number of ketones is 1. The second-order valence-electron chi connectivity index (χ2n) is 4.21. The van der Waals surface area contributed by atoms with Crippen LogP contribution in [0.25, 0.3) is 11.6 Å². The number of rotatable bonds is 0. The van der Waals surface area contributed by atoms with Gasteiger partial charge in [-0.05, 0) is 22.1 Å². The molecule has 1 atom stereocenters. The second kappa shape index (κ2) is 3.60. The van der Waals surface area contributed by atoms with Crippen molar-refractivity contribution in [3.05, 3.63) is 59.0 Å². The Kier molecular flexibility index (Phi) is 2.10. The van der Waals surface area contributed by atoms with Crippen LogP contribution in [0.3, 0.4) is 0 Å². The van der Waals surface area contributed by atoms with E-state index in [1.807, 2.05) is 30.4 Å². The van der Waals surface area contributed by atoms with Crippen LogP contribution in [0.15, 0.2) is 48.6 Å². The number of carbonyl (C=O) groups excluding carboxylic acids is 1. The fourth-order valence-corrected chi connectivity index (χ4v) is 2.39. The van der Waals surface area contributed by atoms with Crippen molar-refractivity contribution in [1.29, 1.82) is 0 Å². The lowest BCUT2D eigenvalue weighted by Crippen LogP contribution is -2.27. The van der Waals surface area contributed by atoms with Gasteiger partial charge in [-0.2, -0.15) is 0 Å². The van der Waals surface area contributed by atoms with Gasteiger partial charge < -0.3 is 0 Å². The van der Waals surface area contributed by atoms with Crippen molar-refractivity contribution in [2.24, 2.45) is 5.92 Å². The fraction of sp³-hybridized carbons (Fsp3) is 0.133. The summed E-state index contributed by atoms with van der Waals surface area (Å²) in [6, 6.07) is 8.11. The van der Waals surface area contributed by atoms with Crippen molar-refractivity contribution in [3.8, 4) is 0 Å². The lowest BCUT2D eigenvalue weighted by Gasteiger charge is -2.14. The number of fused-ring (bicyclic) bond motifs is 2. The highest BCUT2D eigenvalue weighted by atomic mass is 16.1. The lowest BCUT2D eigenvalue weighted by atomic mass is 9.90. The van der Waals surface area contributed by atoms with Gasteiger partial charge in [0.25, 0.3) is 0 Å². The van der Waals surface area contributed by atoms with E-state index in [0.717, 1.165) is 5.22 Å².